The van der Waals surface area contributed by atoms with Crippen molar-refractivity contribution in [3.63, 3.8) is 0 Å². The number of nitrogen functional groups attached to an aromatic ring is 1. The molecule has 3 rings (SSSR count). The summed E-state index contributed by atoms with van der Waals surface area (Å²) in [4.78, 5) is 7.96. The van der Waals surface area contributed by atoms with E-state index in [4.69, 9.17) is 22.1 Å². The zero-order valence-corrected chi connectivity index (χ0v) is 12.7. The van der Waals surface area contributed by atoms with Crippen molar-refractivity contribution < 1.29 is 9.94 Å². The van der Waals surface area contributed by atoms with Gasteiger partial charge in [-0.3, -0.25) is 5.21 Å². The minimum absolute atomic E-state index is 0.0263. The number of hydrogen-bond acceptors (Lipinski definition) is 6. The second kappa shape index (κ2) is 6.51. The van der Waals surface area contributed by atoms with E-state index < -0.39 is 0 Å². The van der Waals surface area contributed by atoms with Crippen molar-refractivity contribution in [2.45, 2.75) is 0 Å². The maximum absolute atomic E-state index is 10.4. The number of anilines is 3. The summed E-state index contributed by atoms with van der Waals surface area (Å²) in [5, 5.41) is 11.9. The number of hydrogen-bond donors (Lipinski definition) is 2. The third-order valence-corrected chi connectivity index (χ3v) is 3.25. The molecule has 23 heavy (non-hydrogen) atoms. The smallest absolute Gasteiger partial charge is 0.222 e. The van der Waals surface area contributed by atoms with Gasteiger partial charge in [0, 0.05) is 5.02 Å². The van der Waals surface area contributed by atoms with Gasteiger partial charge in [0.1, 0.15) is 5.75 Å². The Hall–Kier alpha value is -2.83. The van der Waals surface area contributed by atoms with Crippen LogP contribution in [0.25, 0.3) is 0 Å². The standard InChI is InChI=1S/C16H13ClN4O2/c17-11-6-8-13(9-7-11)23-14-10-19-16(18)20-15(14)21(22)12-4-2-1-3-5-12/h1-10,22H,(H2,18,19,20). The van der Waals surface area contributed by atoms with Gasteiger partial charge in [-0.25, -0.2) is 10.0 Å². The second-order valence-corrected chi connectivity index (χ2v) is 5.06. The molecule has 0 radical (unpaired) electrons. The van der Waals surface area contributed by atoms with Gasteiger partial charge >= 0.3 is 0 Å². The van der Waals surface area contributed by atoms with E-state index in [2.05, 4.69) is 9.97 Å². The summed E-state index contributed by atoms with van der Waals surface area (Å²) in [6, 6.07) is 15.7. The van der Waals surface area contributed by atoms with E-state index in [1.54, 1.807) is 48.5 Å². The van der Waals surface area contributed by atoms with E-state index in [0.717, 1.165) is 5.06 Å². The van der Waals surface area contributed by atoms with Crippen LogP contribution >= 0.6 is 11.6 Å². The van der Waals surface area contributed by atoms with Gasteiger partial charge in [-0.2, -0.15) is 4.98 Å². The molecule has 0 saturated carbocycles. The van der Waals surface area contributed by atoms with Gasteiger partial charge in [-0.05, 0) is 36.4 Å². The lowest BCUT2D eigenvalue weighted by Crippen LogP contribution is -2.14. The first-order chi connectivity index (χ1) is 11.1. The number of nitrogens with zero attached hydrogens (tertiary/aromatic N) is 3. The van der Waals surface area contributed by atoms with Crippen LogP contribution < -0.4 is 15.5 Å². The highest BCUT2D eigenvalue weighted by molar-refractivity contribution is 6.30. The van der Waals surface area contributed by atoms with Gasteiger partial charge in [0.05, 0.1) is 11.9 Å². The van der Waals surface area contributed by atoms with Crippen LogP contribution in [0.15, 0.2) is 60.8 Å². The maximum atomic E-state index is 10.4. The van der Waals surface area contributed by atoms with Crippen LogP contribution in [0.5, 0.6) is 11.5 Å². The van der Waals surface area contributed by atoms with Crippen LogP contribution in [-0.2, 0) is 0 Å². The third-order valence-electron chi connectivity index (χ3n) is 3.00. The summed E-state index contributed by atoms with van der Waals surface area (Å²) in [5.74, 6) is 0.954. The van der Waals surface area contributed by atoms with Gasteiger partial charge in [-0.1, -0.05) is 29.8 Å². The Labute approximate surface area is 137 Å². The lowest BCUT2D eigenvalue weighted by Gasteiger charge is -2.19. The highest BCUT2D eigenvalue weighted by Crippen LogP contribution is 2.33. The molecule has 0 fully saturated rings. The van der Waals surface area contributed by atoms with Crippen molar-refractivity contribution in [1.82, 2.24) is 9.97 Å². The molecule has 3 aromatic rings. The molecular weight excluding hydrogens is 316 g/mol. The Bertz CT molecular complexity index is 797. The quantitative estimate of drug-likeness (QED) is 0.703. The average Bonchev–Trinajstić information content (AvgIpc) is 2.58. The highest BCUT2D eigenvalue weighted by atomic mass is 35.5. The molecule has 1 aromatic heterocycles. The van der Waals surface area contributed by atoms with Crippen LogP contribution in [-0.4, -0.2) is 15.2 Å². The lowest BCUT2D eigenvalue weighted by molar-refractivity contribution is 0.293. The summed E-state index contributed by atoms with van der Waals surface area (Å²) < 4.78 is 5.72. The normalized spacial score (nSPS) is 10.3. The molecule has 7 heteroatoms. The van der Waals surface area contributed by atoms with Crippen LogP contribution in [0, 0.1) is 0 Å². The molecule has 0 aliphatic rings. The summed E-state index contributed by atoms with van der Waals surface area (Å²) >= 11 is 5.85. The van der Waals surface area contributed by atoms with Crippen LogP contribution in [0.2, 0.25) is 5.02 Å². The summed E-state index contributed by atoms with van der Waals surface area (Å²) in [7, 11) is 0. The Kier molecular flexibility index (Phi) is 4.27. The predicted molar refractivity (Wildman–Crippen MR) is 88.3 cm³/mol. The van der Waals surface area contributed by atoms with Crippen LogP contribution in [0.4, 0.5) is 17.5 Å². The Morgan fingerprint density at radius 2 is 1.74 bits per heavy atom. The molecule has 6 nitrogen and oxygen atoms in total. The molecule has 3 N–H and O–H groups in total. The lowest BCUT2D eigenvalue weighted by atomic mass is 10.3. The third kappa shape index (κ3) is 3.50. The second-order valence-electron chi connectivity index (χ2n) is 4.62. The molecular formula is C16H13ClN4O2. The SMILES string of the molecule is Nc1ncc(Oc2ccc(Cl)cc2)c(N(O)c2ccccc2)n1. The minimum Gasteiger partial charge on any atom is -0.452 e. The summed E-state index contributed by atoms with van der Waals surface area (Å²) in [6.45, 7) is 0. The Balaban J connectivity index is 1.96. The van der Waals surface area contributed by atoms with Gasteiger partial charge in [-0.15, -0.1) is 0 Å². The van der Waals surface area contributed by atoms with Gasteiger partial charge in [0.25, 0.3) is 0 Å². The predicted octanol–water partition coefficient (Wildman–Crippen LogP) is 4.03. The number of rotatable bonds is 4. The fourth-order valence-electron chi connectivity index (χ4n) is 1.92. The number of halogens is 1. The molecule has 0 bridgehead atoms. The highest BCUT2D eigenvalue weighted by Gasteiger charge is 2.16. The molecule has 0 aliphatic carbocycles. The van der Waals surface area contributed by atoms with E-state index in [0.29, 0.717) is 16.5 Å². The first-order valence-electron chi connectivity index (χ1n) is 6.73. The van der Waals surface area contributed by atoms with Gasteiger partial charge < -0.3 is 10.5 Å². The first-order valence-corrected chi connectivity index (χ1v) is 7.11. The van der Waals surface area contributed by atoms with Crippen molar-refractivity contribution in [3.8, 4) is 11.5 Å². The summed E-state index contributed by atoms with van der Waals surface area (Å²) in [5.41, 5.74) is 6.14. The van der Waals surface area contributed by atoms with Crippen molar-refractivity contribution in [2.24, 2.45) is 0 Å². The number of nitrogens with two attached hydrogens (primary N) is 1. The average molecular weight is 329 g/mol. The monoisotopic (exact) mass is 328 g/mol. The van der Waals surface area contributed by atoms with Gasteiger partial charge in [0.15, 0.2) is 5.75 Å². The van der Waals surface area contributed by atoms with E-state index in [1.165, 1.54) is 6.20 Å². The number of para-hydroxylation sites is 1. The Morgan fingerprint density at radius 3 is 2.43 bits per heavy atom. The fourth-order valence-corrected chi connectivity index (χ4v) is 2.05. The van der Waals surface area contributed by atoms with Crippen molar-refractivity contribution in [1.29, 1.82) is 0 Å². The first kappa shape index (κ1) is 15.1. The largest absolute Gasteiger partial charge is 0.452 e. The topological polar surface area (TPSA) is 84.5 Å². The van der Waals surface area contributed by atoms with Gasteiger partial charge in [0.2, 0.25) is 11.8 Å². The molecule has 0 atom stereocenters. The van der Waals surface area contributed by atoms with E-state index in [-0.39, 0.29) is 17.5 Å². The molecule has 116 valence electrons. The minimum atomic E-state index is 0.0263. The van der Waals surface area contributed by atoms with Crippen molar-refractivity contribution in [3.05, 3.63) is 65.8 Å². The van der Waals surface area contributed by atoms with Crippen molar-refractivity contribution >= 4 is 29.1 Å². The van der Waals surface area contributed by atoms with Crippen LogP contribution in [0.1, 0.15) is 0 Å². The number of benzene rings is 2. The van der Waals surface area contributed by atoms with Crippen LogP contribution in [0.3, 0.4) is 0 Å². The zero-order chi connectivity index (χ0) is 16.2. The molecule has 0 amide bonds. The summed E-state index contributed by atoms with van der Waals surface area (Å²) in [6.07, 6.45) is 1.40. The number of aromatic nitrogens is 2. The molecule has 1 heterocycles. The maximum Gasteiger partial charge on any atom is 0.222 e. The molecule has 0 spiro atoms. The van der Waals surface area contributed by atoms with E-state index in [1.807, 2.05) is 6.07 Å². The Morgan fingerprint density at radius 1 is 1.04 bits per heavy atom. The number of ether oxygens (including phenoxy) is 1. The fraction of sp³-hybridized carbons (Fsp3) is 0. The van der Waals surface area contributed by atoms with E-state index >= 15 is 0 Å². The zero-order valence-electron chi connectivity index (χ0n) is 11.9. The van der Waals surface area contributed by atoms with E-state index in [9.17, 15) is 5.21 Å². The molecule has 2 aromatic carbocycles. The molecule has 0 unspecified atom stereocenters. The molecule has 0 saturated heterocycles. The molecule has 0 aliphatic heterocycles. The van der Waals surface area contributed by atoms with Crippen molar-refractivity contribution in [2.75, 3.05) is 10.8 Å².